The number of hydrogen-bond donors (Lipinski definition) is 1. The summed E-state index contributed by atoms with van der Waals surface area (Å²) in [6, 6.07) is 15.4. The normalized spacial score (nSPS) is 10.6. The van der Waals surface area contributed by atoms with Gasteiger partial charge in [-0.05, 0) is 6.07 Å². The molecule has 1 aromatic carbocycles. The number of fused-ring (bicyclic) bond motifs is 1. The number of pyridine rings is 2. The molecule has 0 aliphatic rings. The van der Waals surface area contributed by atoms with E-state index in [1.165, 1.54) is 0 Å². The van der Waals surface area contributed by atoms with E-state index in [4.69, 9.17) is 0 Å². The van der Waals surface area contributed by atoms with Crippen LogP contribution >= 0.6 is 0 Å². The molecule has 0 fully saturated rings. The molecule has 0 amide bonds. The molecule has 3 aromatic rings. The maximum Gasteiger partial charge on any atom is 0.320 e. The Morgan fingerprint density at radius 3 is 2.53 bits per heavy atom. The van der Waals surface area contributed by atoms with Crippen LogP contribution in [0.2, 0.25) is 0 Å². The van der Waals surface area contributed by atoms with E-state index in [1.807, 2.05) is 65.5 Å². The Hall–Kier alpha value is -2.42. The average Bonchev–Trinajstić information content (AvgIpc) is 2.39. The van der Waals surface area contributed by atoms with Gasteiger partial charge in [0.15, 0.2) is 12.4 Å². The summed E-state index contributed by atoms with van der Waals surface area (Å²) in [7, 11) is 0. The summed E-state index contributed by atoms with van der Waals surface area (Å²) >= 11 is 0. The van der Waals surface area contributed by atoms with Crippen molar-refractivity contribution in [3.63, 3.8) is 0 Å². The van der Waals surface area contributed by atoms with Crippen molar-refractivity contribution in [2.45, 2.75) is 0 Å². The van der Waals surface area contributed by atoms with Crippen LogP contribution in [0.5, 0.6) is 0 Å². The lowest BCUT2D eigenvalue weighted by molar-refractivity contribution is -0.596. The standard InChI is InChI=1S/C14H10N2O/c17-14-13(16-8-4-1-5-9-16)10-11-6-2-3-7-12(11)15-14/h1-10H/p+1. The molecule has 0 aliphatic carbocycles. The molecule has 0 bridgehead atoms. The van der Waals surface area contributed by atoms with Crippen LogP contribution in [0.25, 0.3) is 16.6 Å². The highest BCUT2D eigenvalue weighted by Crippen LogP contribution is 2.09. The van der Waals surface area contributed by atoms with Gasteiger partial charge in [0.25, 0.3) is 5.69 Å². The minimum Gasteiger partial charge on any atom is -0.316 e. The van der Waals surface area contributed by atoms with E-state index in [2.05, 4.69) is 4.98 Å². The molecule has 0 saturated carbocycles. The molecule has 0 atom stereocenters. The molecule has 0 radical (unpaired) electrons. The van der Waals surface area contributed by atoms with Gasteiger partial charge in [0.2, 0.25) is 0 Å². The van der Waals surface area contributed by atoms with E-state index < -0.39 is 0 Å². The molecule has 0 saturated heterocycles. The highest BCUT2D eigenvalue weighted by atomic mass is 16.1. The molecule has 3 nitrogen and oxygen atoms in total. The van der Waals surface area contributed by atoms with Crippen LogP contribution in [0.15, 0.2) is 65.7 Å². The Kier molecular flexibility index (Phi) is 2.22. The van der Waals surface area contributed by atoms with Crippen molar-refractivity contribution >= 4 is 10.9 Å². The van der Waals surface area contributed by atoms with E-state index in [-0.39, 0.29) is 5.56 Å². The van der Waals surface area contributed by atoms with Crippen LogP contribution < -0.4 is 10.1 Å². The molecule has 1 N–H and O–H groups in total. The number of rotatable bonds is 1. The van der Waals surface area contributed by atoms with Crippen molar-refractivity contribution in [2.24, 2.45) is 0 Å². The van der Waals surface area contributed by atoms with Gasteiger partial charge >= 0.3 is 5.56 Å². The van der Waals surface area contributed by atoms with Gasteiger partial charge in [0.1, 0.15) is 0 Å². The number of nitrogens with zero attached hydrogens (tertiary/aromatic N) is 1. The lowest BCUT2D eigenvalue weighted by atomic mass is 10.2. The van der Waals surface area contributed by atoms with Crippen molar-refractivity contribution in [1.29, 1.82) is 0 Å². The summed E-state index contributed by atoms with van der Waals surface area (Å²) < 4.78 is 1.81. The fourth-order valence-corrected chi connectivity index (χ4v) is 1.89. The average molecular weight is 223 g/mol. The minimum absolute atomic E-state index is 0.0834. The summed E-state index contributed by atoms with van der Waals surface area (Å²) in [6.07, 6.45) is 3.72. The maximum absolute atomic E-state index is 12.0. The van der Waals surface area contributed by atoms with Crippen LogP contribution in [-0.4, -0.2) is 4.98 Å². The predicted molar refractivity (Wildman–Crippen MR) is 66.1 cm³/mol. The molecule has 0 aliphatic heterocycles. The second kappa shape index (κ2) is 3.87. The molecule has 17 heavy (non-hydrogen) atoms. The Bertz CT molecular complexity index is 717. The molecule has 0 unspecified atom stereocenters. The zero-order chi connectivity index (χ0) is 11.7. The minimum atomic E-state index is -0.0834. The van der Waals surface area contributed by atoms with E-state index in [0.717, 1.165) is 10.9 Å². The van der Waals surface area contributed by atoms with Gasteiger partial charge in [-0.3, -0.25) is 4.79 Å². The summed E-state index contributed by atoms with van der Waals surface area (Å²) in [5.41, 5.74) is 1.40. The molecule has 3 heteroatoms. The lowest BCUT2D eigenvalue weighted by Crippen LogP contribution is -2.36. The number of H-pyrrole nitrogens is 1. The summed E-state index contributed by atoms with van der Waals surface area (Å²) in [5, 5.41) is 1.03. The van der Waals surface area contributed by atoms with Gasteiger partial charge in [0.05, 0.1) is 0 Å². The van der Waals surface area contributed by atoms with Crippen molar-refractivity contribution in [3.05, 3.63) is 71.3 Å². The van der Waals surface area contributed by atoms with Crippen molar-refractivity contribution in [3.8, 4) is 5.69 Å². The number of hydrogen-bond acceptors (Lipinski definition) is 1. The maximum atomic E-state index is 12.0. The van der Waals surface area contributed by atoms with Gasteiger partial charge < -0.3 is 4.98 Å². The fourth-order valence-electron chi connectivity index (χ4n) is 1.89. The third kappa shape index (κ3) is 1.72. The number of nitrogens with one attached hydrogen (secondary N) is 1. The largest absolute Gasteiger partial charge is 0.320 e. The number of aromatic amines is 1. The van der Waals surface area contributed by atoms with Crippen molar-refractivity contribution < 1.29 is 4.57 Å². The zero-order valence-corrected chi connectivity index (χ0v) is 9.13. The second-order valence-corrected chi connectivity index (χ2v) is 3.85. The SMILES string of the molecule is O=c1[nH]c2ccccc2cc1-[n+]1ccccc1. The summed E-state index contributed by atoms with van der Waals surface area (Å²) in [4.78, 5) is 14.8. The zero-order valence-electron chi connectivity index (χ0n) is 9.13. The molecular formula is C14H11N2O+. The number of aromatic nitrogens is 2. The molecule has 0 spiro atoms. The van der Waals surface area contributed by atoms with Gasteiger partial charge in [-0.2, -0.15) is 4.57 Å². The third-order valence-electron chi connectivity index (χ3n) is 2.73. The molecule has 2 aromatic heterocycles. The first kappa shape index (κ1) is 9.78. The topological polar surface area (TPSA) is 36.7 Å². The first-order valence-electron chi connectivity index (χ1n) is 5.43. The van der Waals surface area contributed by atoms with E-state index in [1.54, 1.807) is 0 Å². The fraction of sp³-hybridized carbons (Fsp3) is 0. The number of benzene rings is 1. The molecule has 82 valence electrons. The smallest absolute Gasteiger partial charge is 0.316 e. The quantitative estimate of drug-likeness (QED) is 0.627. The lowest BCUT2D eigenvalue weighted by Gasteiger charge is -1.98. The highest BCUT2D eigenvalue weighted by molar-refractivity contribution is 5.79. The van der Waals surface area contributed by atoms with Gasteiger partial charge in [0, 0.05) is 29.1 Å². The Morgan fingerprint density at radius 2 is 1.71 bits per heavy atom. The summed E-state index contributed by atoms with van der Waals surface area (Å²) in [5.74, 6) is 0. The predicted octanol–water partition coefficient (Wildman–Crippen LogP) is 1.80. The van der Waals surface area contributed by atoms with Crippen LogP contribution in [0, 0.1) is 0 Å². The van der Waals surface area contributed by atoms with E-state index in [9.17, 15) is 4.79 Å². The molecular weight excluding hydrogens is 212 g/mol. The van der Waals surface area contributed by atoms with Crippen LogP contribution in [0.4, 0.5) is 0 Å². The van der Waals surface area contributed by atoms with Gasteiger partial charge in [-0.1, -0.05) is 24.3 Å². The van der Waals surface area contributed by atoms with E-state index in [0.29, 0.717) is 5.69 Å². The first-order valence-corrected chi connectivity index (χ1v) is 5.43. The second-order valence-electron chi connectivity index (χ2n) is 3.85. The monoisotopic (exact) mass is 223 g/mol. The van der Waals surface area contributed by atoms with Crippen LogP contribution in [0.1, 0.15) is 0 Å². The van der Waals surface area contributed by atoms with Crippen molar-refractivity contribution in [1.82, 2.24) is 4.98 Å². The highest BCUT2D eigenvalue weighted by Gasteiger charge is 2.11. The van der Waals surface area contributed by atoms with E-state index >= 15 is 0 Å². The number of para-hydroxylation sites is 1. The van der Waals surface area contributed by atoms with Crippen LogP contribution in [0.3, 0.4) is 0 Å². The van der Waals surface area contributed by atoms with Gasteiger partial charge in [-0.25, -0.2) is 0 Å². The molecule has 2 heterocycles. The first-order chi connectivity index (χ1) is 8.34. The summed E-state index contributed by atoms with van der Waals surface area (Å²) in [6.45, 7) is 0. The third-order valence-corrected chi connectivity index (χ3v) is 2.73. The Labute approximate surface area is 98.0 Å². The Morgan fingerprint density at radius 1 is 0.941 bits per heavy atom. The van der Waals surface area contributed by atoms with Gasteiger partial charge in [-0.15, -0.1) is 0 Å². The Balaban J connectivity index is 2.31. The molecule has 3 rings (SSSR count). The van der Waals surface area contributed by atoms with Crippen LogP contribution in [-0.2, 0) is 0 Å². The van der Waals surface area contributed by atoms with Crippen molar-refractivity contribution in [2.75, 3.05) is 0 Å².